The fourth-order valence-electron chi connectivity index (χ4n) is 4.58. The van der Waals surface area contributed by atoms with Crippen LogP contribution in [-0.2, 0) is 16.8 Å². The van der Waals surface area contributed by atoms with E-state index in [2.05, 4.69) is 25.0 Å². The Morgan fingerprint density at radius 3 is 2.14 bits per heavy atom. The third kappa shape index (κ3) is 6.20. The normalized spacial score (nSPS) is 16.6. The Morgan fingerprint density at radius 2 is 1.65 bits per heavy atom. The molecule has 1 spiro atoms. The highest BCUT2D eigenvalue weighted by Gasteiger charge is 2.46. The predicted molar refractivity (Wildman–Crippen MR) is 127 cm³/mol. The summed E-state index contributed by atoms with van der Waals surface area (Å²) >= 11 is 0. The fourth-order valence-corrected chi connectivity index (χ4v) is 4.58. The van der Waals surface area contributed by atoms with Crippen LogP contribution in [0.25, 0.3) is 0 Å². The van der Waals surface area contributed by atoms with E-state index >= 15 is 0 Å². The van der Waals surface area contributed by atoms with Crippen molar-refractivity contribution in [1.29, 1.82) is 0 Å². The number of nitrogens with zero attached hydrogens (tertiary/aromatic N) is 6. The van der Waals surface area contributed by atoms with E-state index in [0.29, 0.717) is 31.7 Å². The molecule has 0 aliphatic carbocycles. The molecule has 2 aliphatic rings. The molecule has 2 aromatic rings. The minimum atomic E-state index is -5.08. The number of hydrogen-bond acceptors (Lipinski definition) is 5. The molecule has 0 bridgehead atoms. The van der Waals surface area contributed by atoms with Crippen LogP contribution < -0.4 is 0 Å². The van der Waals surface area contributed by atoms with Gasteiger partial charge in [-0.3, -0.25) is 14.5 Å². The highest BCUT2D eigenvalue weighted by atomic mass is 19.4. The topological polar surface area (TPSA) is 112 Å². The Bertz CT molecular complexity index is 1130. The van der Waals surface area contributed by atoms with Gasteiger partial charge in [-0.25, -0.2) is 9.59 Å². The van der Waals surface area contributed by atoms with E-state index in [9.17, 15) is 22.8 Å². The van der Waals surface area contributed by atoms with Crippen LogP contribution in [0.1, 0.15) is 54.3 Å². The van der Waals surface area contributed by atoms with Crippen LogP contribution in [-0.4, -0.2) is 92.4 Å². The number of carbonyl (C=O) groups is 3. The molecule has 0 aromatic carbocycles. The van der Waals surface area contributed by atoms with Crippen molar-refractivity contribution in [3.63, 3.8) is 0 Å². The van der Waals surface area contributed by atoms with E-state index in [-0.39, 0.29) is 23.4 Å². The molecule has 2 aliphatic heterocycles. The van der Waals surface area contributed by atoms with Crippen molar-refractivity contribution >= 4 is 17.9 Å². The number of likely N-dealkylation sites (tertiary alicyclic amines) is 1. The van der Waals surface area contributed by atoms with E-state index < -0.39 is 12.1 Å². The maximum atomic E-state index is 13.2. The number of hydrogen-bond donors (Lipinski definition) is 1. The molecular formula is C24H31F3N6O4. The SMILES string of the molecule is CC(C)n1cc2c(n1)C1(CCN(C(=O)N(C)C)CC1)CN(C(=O)c1ccncc1)C2.O=C(O)C(F)(F)F. The zero-order valence-corrected chi connectivity index (χ0v) is 21.2. The molecule has 0 saturated carbocycles. The Balaban J connectivity index is 0.000000479. The highest BCUT2D eigenvalue weighted by molar-refractivity contribution is 5.94. The van der Waals surface area contributed by atoms with Gasteiger partial charge in [0, 0.05) is 81.4 Å². The summed E-state index contributed by atoms with van der Waals surface area (Å²) < 4.78 is 33.7. The maximum Gasteiger partial charge on any atom is 0.490 e. The number of alkyl halides is 3. The average molecular weight is 525 g/mol. The molecule has 1 saturated heterocycles. The summed E-state index contributed by atoms with van der Waals surface area (Å²) in [6.45, 7) is 6.75. The van der Waals surface area contributed by atoms with Gasteiger partial charge in [-0.1, -0.05) is 0 Å². The third-order valence-electron chi connectivity index (χ3n) is 6.52. The van der Waals surface area contributed by atoms with E-state index in [1.54, 1.807) is 43.5 Å². The molecule has 4 rings (SSSR count). The van der Waals surface area contributed by atoms with Crippen LogP contribution in [0.2, 0.25) is 0 Å². The van der Waals surface area contributed by atoms with Gasteiger partial charge in [-0.05, 0) is 38.8 Å². The molecule has 2 aromatic heterocycles. The Kier molecular flexibility index (Phi) is 8.13. The first-order valence-electron chi connectivity index (χ1n) is 11.8. The van der Waals surface area contributed by atoms with Gasteiger partial charge < -0.3 is 19.8 Å². The van der Waals surface area contributed by atoms with Gasteiger partial charge >= 0.3 is 18.2 Å². The minimum absolute atomic E-state index is 0.0199. The average Bonchev–Trinajstić information content (AvgIpc) is 3.30. The second kappa shape index (κ2) is 10.8. The Hall–Kier alpha value is -3.64. The molecule has 202 valence electrons. The fraction of sp³-hybridized carbons (Fsp3) is 0.542. The van der Waals surface area contributed by atoms with E-state index in [1.807, 2.05) is 14.5 Å². The first-order chi connectivity index (χ1) is 17.2. The number of amides is 3. The smallest absolute Gasteiger partial charge is 0.475 e. The number of aliphatic carboxylic acids is 1. The maximum absolute atomic E-state index is 13.2. The lowest BCUT2D eigenvalue weighted by atomic mass is 9.72. The lowest BCUT2D eigenvalue weighted by molar-refractivity contribution is -0.192. The number of halogens is 3. The predicted octanol–water partition coefficient (Wildman–Crippen LogP) is 3.16. The molecule has 37 heavy (non-hydrogen) atoms. The van der Waals surface area contributed by atoms with E-state index in [4.69, 9.17) is 15.0 Å². The molecule has 4 heterocycles. The number of carboxylic acids is 1. The van der Waals surface area contributed by atoms with Crippen molar-refractivity contribution in [3.8, 4) is 0 Å². The molecular weight excluding hydrogens is 493 g/mol. The summed E-state index contributed by atoms with van der Waals surface area (Å²) in [6.07, 6.45) is 1.91. The van der Waals surface area contributed by atoms with Crippen molar-refractivity contribution in [1.82, 2.24) is 29.5 Å². The van der Waals surface area contributed by atoms with Crippen molar-refractivity contribution in [2.45, 2.75) is 50.9 Å². The molecule has 0 unspecified atom stereocenters. The Morgan fingerprint density at radius 1 is 1.08 bits per heavy atom. The summed E-state index contributed by atoms with van der Waals surface area (Å²) in [5.74, 6) is -2.74. The highest BCUT2D eigenvalue weighted by Crippen LogP contribution is 2.42. The Labute approximate surface area is 212 Å². The van der Waals surface area contributed by atoms with Gasteiger partial charge in [0.25, 0.3) is 5.91 Å². The number of rotatable bonds is 2. The number of urea groups is 1. The van der Waals surface area contributed by atoms with Crippen molar-refractivity contribution in [2.75, 3.05) is 33.7 Å². The lowest BCUT2D eigenvalue weighted by Crippen LogP contribution is -2.55. The lowest BCUT2D eigenvalue weighted by Gasteiger charge is -2.46. The molecule has 0 radical (unpaired) electrons. The van der Waals surface area contributed by atoms with E-state index in [0.717, 1.165) is 24.1 Å². The number of aromatic nitrogens is 3. The molecule has 0 atom stereocenters. The van der Waals surface area contributed by atoms with Gasteiger partial charge in [0.1, 0.15) is 0 Å². The summed E-state index contributed by atoms with van der Waals surface area (Å²) in [5, 5.41) is 12.1. The van der Waals surface area contributed by atoms with Crippen LogP contribution in [0.15, 0.2) is 30.7 Å². The first-order valence-corrected chi connectivity index (χ1v) is 11.8. The van der Waals surface area contributed by atoms with Crippen molar-refractivity contribution in [3.05, 3.63) is 47.5 Å². The number of carbonyl (C=O) groups excluding carboxylic acids is 2. The zero-order chi connectivity index (χ0) is 27.5. The summed E-state index contributed by atoms with van der Waals surface area (Å²) in [5.41, 5.74) is 2.65. The van der Waals surface area contributed by atoms with Crippen LogP contribution >= 0.6 is 0 Å². The minimum Gasteiger partial charge on any atom is -0.475 e. The monoisotopic (exact) mass is 524 g/mol. The summed E-state index contributed by atoms with van der Waals surface area (Å²) in [4.78, 5) is 44.0. The number of fused-ring (bicyclic) bond motifs is 2. The van der Waals surface area contributed by atoms with Crippen LogP contribution in [0.4, 0.5) is 18.0 Å². The second-order valence-electron chi connectivity index (χ2n) is 9.72. The van der Waals surface area contributed by atoms with Gasteiger partial charge in [0.05, 0.1) is 5.69 Å². The van der Waals surface area contributed by atoms with Gasteiger partial charge in [-0.15, -0.1) is 0 Å². The summed E-state index contributed by atoms with van der Waals surface area (Å²) in [6, 6.07) is 3.83. The van der Waals surface area contributed by atoms with Gasteiger partial charge in [-0.2, -0.15) is 18.3 Å². The van der Waals surface area contributed by atoms with Gasteiger partial charge in [0.2, 0.25) is 0 Å². The zero-order valence-electron chi connectivity index (χ0n) is 21.2. The second-order valence-corrected chi connectivity index (χ2v) is 9.72. The third-order valence-corrected chi connectivity index (χ3v) is 6.52. The van der Waals surface area contributed by atoms with Crippen LogP contribution in [0, 0.1) is 0 Å². The number of carboxylic acid groups (broad SMARTS) is 1. The molecule has 1 fully saturated rings. The first kappa shape index (κ1) is 27.9. The molecule has 3 amide bonds. The van der Waals surface area contributed by atoms with E-state index in [1.165, 1.54) is 0 Å². The van der Waals surface area contributed by atoms with Crippen LogP contribution in [0.3, 0.4) is 0 Å². The van der Waals surface area contributed by atoms with Crippen molar-refractivity contribution < 1.29 is 32.7 Å². The summed E-state index contributed by atoms with van der Waals surface area (Å²) in [7, 11) is 3.57. The standard InChI is InChI=1S/C22H30N6O2.C2HF3O2/c1-16(2)28-14-18-13-27(20(29)17-5-9-23-10-6-17)15-22(19(18)24-28)7-11-26(12-8-22)21(30)25(3)4;3-2(4,5)1(6)7/h5-6,9-10,14,16H,7-8,11-13,15H2,1-4H3;(H,6,7). The van der Waals surface area contributed by atoms with Crippen molar-refractivity contribution in [2.24, 2.45) is 0 Å². The largest absolute Gasteiger partial charge is 0.490 e. The van der Waals surface area contributed by atoms with Gasteiger partial charge in [0.15, 0.2) is 0 Å². The molecule has 10 nitrogen and oxygen atoms in total. The number of piperidine rings is 1. The number of pyridine rings is 1. The molecule has 13 heteroatoms. The van der Waals surface area contributed by atoms with Crippen LogP contribution in [0.5, 0.6) is 0 Å². The quantitative estimate of drug-likeness (QED) is 0.646. The molecule has 1 N–H and O–H groups in total.